The summed E-state index contributed by atoms with van der Waals surface area (Å²) in [6, 6.07) is 14.6. The lowest BCUT2D eigenvalue weighted by Gasteiger charge is -2.36. The zero-order chi connectivity index (χ0) is 38.2. The first-order valence-electron chi connectivity index (χ1n) is 19.0. The molecule has 3 aromatic heterocycles. The first-order chi connectivity index (χ1) is 26.7. The smallest absolute Gasteiger partial charge is 0.407 e. The average molecular weight is 748 g/mol. The lowest BCUT2D eigenvalue weighted by Crippen LogP contribution is -2.53. The number of likely N-dealkylation sites (tertiary alicyclic amines) is 2. The van der Waals surface area contributed by atoms with E-state index in [1.165, 1.54) is 14.2 Å². The summed E-state index contributed by atoms with van der Waals surface area (Å²) in [5, 5.41) is 7.46. The topological polar surface area (TPSA) is 188 Å². The number of aromatic amines is 2. The molecule has 0 radical (unpaired) electrons. The monoisotopic (exact) mass is 747 g/mol. The second-order valence-electron chi connectivity index (χ2n) is 14.7. The molecule has 2 saturated heterocycles. The Hall–Kier alpha value is -5.99. The molecule has 8 rings (SSSR count). The van der Waals surface area contributed by atoms with Crippen molar-refractivity contribution in [3.8, 4) is 22.5 Å². The highest BCUT2D eigenvalue weighted by molar-refractivity contribution is 5.91. The van der Waals surface area contributed by atoms with E-state index < -0.39 is 24.3 Å². The van der Waals surface area contributed by atoms with Crippen LogP contribution in [0.15, 0.2) is 54.7 Å². The maximum Gasteiger partial charge on any atom is 0.407 e. The van der Waals surface area contributed by atoms with E-state index in [0.29, 0.717) is 30.4 Å². The molecule has 3 aliphatic rings. The van der Waals surface area contributed by atoms with Crippen molar-refractivity contribution in [2.75, 3.05) is 27.3 Å². The molecule has 4 unspecified atom stereocenters. The van der Waals surface area contributed by atoms with E-state index in [0.717, 1.165) is 83.7 Å². The minimum Gasteiger partial charge on any atom is -0.453 e. The van der Waals surface area contributed by atoms with Crippen LogP contribution in [-0.4, -0.2) is 98.1 Å². The molecule has 4 amide bonds. The van der Waals surface area contributed by atoms with Crippen molar-refractivity contribution in [2.45, 2.75) is 76.0 Å². The van der Waals surface area contributed by atoms with Gasteiger partial charge in [-0.1, -0.05) is 30.7 Å². The highest BCUT2D eigenvalue weighted by Gasteiger charge is 2.41. The Morgan fingerprint density at radius 2 is 1.40 bits per heavy atom. The number of nitrogens with zero attached hydrogens (tertiary/aromatic N) is 5. The van der Waals surface area contributed by atoms with Crippen LogP contribution in [0.5, 0.6) is 0 Å². The third kappa shape index (κ3) is 7.06. The van der Waals surface area contributed by atoms with Gasteiger partial charge < -0.3 is 39.9 Å². The van der Waals surface area contributed by atoms with E-state index in [1.807, 2.05) is 29.2 Å². The predicted molar refractivity (Wildman–Crippen MR) is 203 cm³/mol. The van der Waals surface area contributed by atoms with Crippen LogP contribution < -0.4 is 10.6 Å². The Morgan fingerprint density at radius 3 is 2.09 bits per heavy atom. The van der Waals surface area contributed by atoms with Gasteiger partial charge in [0.1, 0.15) is 23.7 Å². The van der Waals surface area contributed by atoms with Crippen molar-refractivity contribution in [1.29, 1.82) is 0 Å². The molecule has 1 aliphatic carbocycles. The summed E-state index contributed by atoms with van der Waals surface area (Å²) in [6.07, 6.45) is 6.66. The number of carbonyl (C=O) groups excluding carboxylic acids is 4. The minimum atomic E-state index is -0.713. The zero-order valence-electron chi connectivity index (χ0n) is 31.1. The van der Waals surface area contributed by atoms with Gasteiger partial charge in [-0.25, -0.2) is 24.5 Å². The number of benzene rings is 2. The third-order valence-corrected chi connectivity index (χ3v) is 11.3. The number of carbonyl (C=O) groups is 4. The number of hydrogen-bond acceptors (Lipinski definition) is 9. The molecule has 0 spiro atoms. The van der Waals surface area contributed by atoms with E-state index in [1.54, 1.807) is 18.0 Å². The molecule has 2 aliphatic heterocycles. The van der Waals surface area contributed by atoms with E-state index in [4.69, 9.17) is 14.7 Å². The molecule has 286 valence electrons. The summed E-state index contributed by atoms with van der Waals surface area (Å²) >= 11 is 0. The first-order valence-corrected chi connectivity index (χ1v) is 19.0. The van der Waals surface area contributed by atoms with Gasteiger partial charge in [-0.2, -0.15) is 0 Å². The van der Waals surface area contributed by atoms with Crippen LogP contribution in [0.25, 0.3) is 44.5 Å². The normalized spacial score (nSPS) is 19.6. The van der Waals surface area contributed by atoms with Crippen molar-refractivity contribution < 1.29 is 28.7 Å². The second-order valence-corrected chi connectivity index (χ2v) is 14.7. The Balaban J connectivity index is 0.978. The molecule has 15 heteroatoms. The summed E-state index contributed by atoms with van der Waals surface area (Å²) in [4.78, 5) is 75.6. The fraction of sp³-hybridized carbons (Fsp3) is 0.425. The van der Waals surface area contributed by atoms with Gasteiger partial charge >= 0.3 is 12.2 Å². The van der Waals surface area contributed by atoms with Gasteiger partial charge in [-0.05, 0) is 86.4 Å². The molecule has 3 fully saturated rings. The van der Waals surface area contributed by atoms with E-state index in [-0.39, 0.29) is 29.8 Å². The number of amides is 4. The third-order valence-electron chi connectivity index (χ3n) is 11.3. The number of methoxy groups -OCH3 is 2. The Morgan fingerprint density at radius 1 is 0.745 bits per heavy atom. The van der Waals surface area contributed by atoms with E-state index in [9.17, 15) is 19.2 Å². The largest absolute Gasteiger partial charge is 0.453 e. The van der Waals surface area contributed by atoms with Crippen LogP contribution >= 0.6 is 0 Å². The van der Waals surface area contributed by atoms with Crippen molar-refractivity contribution in [3.63, 3.8) is 0 Å². The van der Waals surface area contributed by atoms with E-state index >= 15 is 0 Å². The fourth-order valence-electron chi connectivity index (χ4n) is 8.15. The number of nitrogens with one attached hydrogen (secondary N) is 4. The number of H-pyrrole nitrogens is 2. The molecule has 55 heavy (non-hydrogen) atoms. The highest BCUT2D eigenvalue weighted by atomic mass is 16.5. The Labute approximate surface area is 317 Å². The van der Waals surface area contributed by atoms with Crippen LogP contribution in [0.4, 0.5) is 9.59 Å². The molecular formula is C40H45N9O6. The predicted octanol–water partition coefficient (Wildman–Crippen LogP) is 5.76. The quantitative estimate of drug-likeness (QED) is 0.145. The van der Waals surface area contributed by atoms with Crippen molar-refractivity contribution in [3.05, 3.63) is 66.4 Å². The lowest BCUT2D eigenvalue weighted by molar-refractivity contribution is -0.136. The minimum absolute atomic E-state index is 0.0903. The maximum atomic E-state index is 13.8. The zero-order valence-corrected chi connectivity index (χ0v) is 31.1. The molecule has 2 aromatic carbocycles. The van der Waals surface area contributed by atoms with Crippen LogP contribution in [0.1, 0.15) is 75.6 Å². The molecule has 15 nitrogen and oxygen atoms in total. The molecule has 4 N–H and O–H groups in total. The molecule has 4 atom stereocenters. The Bertz CT molecular complexity index is 2260. The van der Waals surface area contributed by atoms with Gasteiger partial charge in [0.25, 0.3) is 0 Å². The van der Waals surface area contributed by atoms with Gasteiger partial charge in [0, 0.05) is 24.2 Å². The second kappa shape index (κ2) is 15.0. The summed E-state index contributed by atoms with van der Waals surface area (Å²) in [5.41, 5.74) is 4.93. The van der Waals surface area contributed by atoms with Gasteiger partial charge in [0.2, 0.25) is 11.8 Å². The number of imidazole rings is 2. The maximum absolute atomic E-state index is 13.8. The highest BCUT2D eigenvalue weighted by Crippen LogP contribution is 2.37. The number of ether oxygens (including phenoxy) is 2. The number of aromatic nitrogens is 5. The van der Waals surface area contributed by atoms with Crippen molar-refractivity contribution in [2.24, 2.45) is 5.92 Å². The molecule has 0 bridgehead atoms. The summed E-state index contributed by atoms with van der Waals surface area (Å²) in [6.45, 7) is 2.84. The van der Waals surface area contributed by atoms with Crippen LogP contribution in [-0.2, 0) is 19.1 Å². The van der Waals surface area contributed by atoms with E-state index in [2.05, 4.69) is 54.6 Å². The number of rotatable bonds is 9. The van der Waals surface area contributed by atoms with Gasteiger partial charge in [0.05, 0.1) is 49.4 Å². The number of fused-ring (bicyclic) bond motifs is 2. The average Bonchev–Trinajstić information content (AvgIpc) is 4.01. The molecule has 5 aromatic rings. The lowest BCUT2D eigenvalue weighted by atomic mass is 9.79. The SMILES string of the molecule is COC(=O)NC(C)C(=O)N1CCCC1c1ncc(-c2ccc3cc(-c4ccc5[nH]c(C6CCCN6C(=O)C(NC(=O)OC)C6CCC6)nc5n4)ccc3c2)[nH]1. The summed E-state index contributed by atoms with van der Waals surface area (Å²) in [5.74, 6) is 1.25. The number of pyridine rings is 1. The molecule has 1 saturated carbocycles. The summed E-state index contributed by atoms with van der Waals surface area (Å²) in [7, 11) is 2.58. The van der Waals surface area contributed by atoms with Crippen LogP contribution in [0.2, 0.25) is 0 Å². The summed E-state index contributed by atoms with van der Waals surface area (Å²) < 4.78 is 9.48. The Kier molecular flexibility index (Phi) is 9.84. The van der Waals surface area contributed by atoms with Crippen molar-refractivity contribution >= 4 is 45.9 Å². The van der Waals surface area contributed by atoms with Gasteiger partial charge in [0.15, 0.2) is 5.65 Å². The van der Waals surface area contributed by atoms with Crippen LogP contribution in [0.3, 0.4) is 0 Å². The van der Waals surface area contributed by atoms with Gasteiger partial charge in [-0.15, -0.1) is 0 Å². The standard InChI is InChI=1S/C40H45N9O6/c1-22(42-39(52)54-2)37(50)48-17-5-9-31(48)35-41-21-30(45-35)27-14-12-24-19-26(13-11-25(24)20-27)28-15-16-29-34(43-28)47-36(44-29)32-10-6-18-49(32)38(51)33(23-7-4-8-23)46-40(53)55-3/h11-16,19-23,31-33H,4-10,17-18H2,1-3H3,(H,41,45)(H,42,52)(H,46,53)(H,43,44,47). The van der Waals surface area contributed by atoms with Crippen molar-refractivity contribution in [1.82, 2.24) is 45.4 Å². The van der Waals surface area contributed by atoms with Crippen LogP contribution in [0, 0.1) is 5.92 Å². The first kappa shape index (κ1) is 36.0. The molecular weight excluding hydrogens is 702 g/mol. The molecule has 5 heterocycles. The fourth-order valence-corrected chi connectivity index (χ4v) is 8.15. The number of hydrogen-bond donors (Lipinski definition) is 4. The number of alkyl carbamates (subject to hydrolysis) is 2. The van der Waals surface area contributed by atoms with Gasteiger partial charge in [-0.3, -0.25) is 9.59 Å².